The van der Waals surface area contributed by atoms with E-state index in [1.807, 2.05) is 6.92 Å². The van der Waals surface area contributed by atoms with Crippen molar-refractivity contribution in [1.82, 2.24) is 0 Å². The Balaban J connectivity index is 3.34. The second-order valence-electron chi connectivity index (χ2n) is 8.43. The highest BCUT2D eigenvalue weighted by Gasteiger charge is 2.59. The highest BCUT2D eigenvalue weighted by atomic mass is 16.6. The van der Waals surface area contributed by atoms with Crippen molar-refractivity contribution in [1.29, 1.82) is 0 Å². The Kier molecular flexibility index (Phi) is 7.62. The Morgan fingerprint density at radius 3 is 2.11 bits per heavy atom. The van der Waals surface area contributed by atoms with E-state index >= 15 is 0 Å². The lowest BCUT2D eigenvalue weighted by atomic mass is 9.66. The van der Waals surface area contributed by atoms with Crippen LogP contribution in [0.15, 0.2) is 0 Å². The molecule has 0 aliphatic carbocycles. The van der Waals surface area contributed by atoms with Crippen LogP contribution >= 0.6 is 0 Å². The van der Waals surface area contributed by atoms with Gasteiger partial charge in [0, 0.05) is 0 Å². The van der Waals surface area contributed by atoms with Gasteiger partial charge < -0.3 is 19.7 Å². The Labute approximate surface area is 165 Å². The average molecular weight is 400 g/mol. The van der Waals surface area contributed by atoms with E-state index in [4.69, 9.17) is 9.47 Å². The molecule has 1 aliphatic heterocycles. The molecule has 0 amide bonds. The van der Waals surface area contributed by atoms with Crippen LogP contribution in [0.4, 0.5) is 0 Å². The molecule has 0 radical (unpaired) electrons. The highest BCUT2D eigenvalue weighted by Crippen LogP contribution is 2.47. The quantitative estimate of drug-likeness (QED) is 0.536. The smallest absolute Gasteiger partial charge is 0.316 e. The van der Waals surface area contributed by atoms with Crippen molar-refractivity contribution in [3.05, 3.63) is 0 Å². The number of rotatable bonds is 10. The minimum Gasteiger partial charge on any atom is -0.481 e. The van der Waals surface area contributed by atoms with Crippen molar-refractivity contribution >= 4 is 23.9 Å². The van der Waals surface area contributed by atoms with Crippen LogP contribution in [0.2, 0.25) is 0 Å². The lowest BCUT2D eigenvalue weighted by molar-refractivity contribution is -0.171. The van der Waals surface area contributed by atoms with Crippen molar-refractivity contribution in [3.8, 4) is 0 Å². The molecule has 0 aromatic carbocycles. The van der Waals surface area contributed by atoms with Gasteiger partial charge in [0.05, 0.1) is 17.3 Å². The van der Waals surface area contributed by atoms with Crippen LogP contribution in [0.3, 0.4) is 0 Å². The molecule has 0 spiro atoms. The van der Waals surface area contributed by atoms with Crippen LogP contribution in [-0.2, 0) is 28.7 Å². The molecule has 1 heterocycles. The number of ether oxygens (including phenoxy) is 2. The number of carbonyl (C=O) groups excluding carboxylic acids is 2. The summed E-state index contributed by atoms with van der Waals surface area (Å²) >= 11 is 0. The van der Waals surface area contributed by atoms with E-state index in [0.29, 0.717) is 6.42 Å². The normalized spacial score (nSPS) is 24.5. The molecule has 2 N–H and O–H groups in total. The molecule has 0 aromatic rings. The predicted molar refractivity (Wildman–Crippen MR) is 99.3 cm³/mol. The summed E-state index contributed by atoms with van der Waals surface area (Å²) in [5.41, 5.74) is -2.18. The molecule has 8 nitrogen and oxygen atoms in total. The average Bonchev–Trinajstić information content (AvgIpc) is 2.91. The third-order valence-corrected chi connectivity index (χ3v) is 6.15. The summed E-state index contributed by atoms with van der Waals surface area (Å²) in [4.78, 5) is 48.8. The monoisotopic (exact) mass is 400 g/mol. The molecule has 1 fully saturated rings. The van der Waals surface area contributed by atoms with E-state index in [0.717, 1.165) is 0 Å². The zero-order valence-electron chi connectivity index (χ0n) is 17.5. The first-order chi connectivity index (χ1) is 12.8. The van der Waals surface area contributed by atoms with Crippen LogP contribution in [0.25, 0.3) is 0 Å². The Hall–Kier alpha value is -2.12. The minimum absolute atomic E-state index is 0.100. The standard InChI is InChI=1S/C20H32O8/c1-7-12(15(21)22)13(16(23)24)9-20(11(3)4)14(10-27-18(20)26)28-17(25)19(5,6)8-2/h11-14H,7-10H2,1-6H3,(H,21,22)(H,23,24). The number of hydrogen-bond donors (Lipinski definition) is 2. The molecule has 0 aromatic heterocycles. The molecule has 1 aliphatic rings. The van der Waals surface area contributed by atoms with Crippen molar-refractivity contribution in [2.24, 2.45) is 28.6 Å². The van der Waals surface area contributed by atoms with Gasteiger partial charge >= 0.3 is 23.9 Å². The van der Waals surface area contributed by atoms with Crippen LogP contribution in [0.5, 0.6) is 0 Å². The van der Waals surface area contributed by atoms with Gasteiger partial charge in [0.15, 0.2) is 6.10 Å². The molecule has 1 rings (SSSR count). The van der Waals surface area contributed by atoms with Crippen LogP contribution in [0, 0.1) is 28.6 Å². The van der Waals surface area contributed by atoms with Crippen LogP contribution < -0.4 is 0 Å². The number of aliphatic carboxylic acids is 2. The van der Waals surface area contributed by atoms with Crippen molar-refractivity contribution < 1.29 is 38.9 Å². The van der Waals surface area contributed by atoms with E-state index in [2.05, 4.69) is 0 Å². The molecule has 28 heavy (non-hydrogen) atoms. The summed E-state index contributed by atoms with van der Waals surface area (Å²) in [7, 11) is 0. The van der Waals surface area contributed by atoms with Gasteiger partial charge in [-0.15, -0.1) is 0 Å². The Morgan fingerprint density at radius 2 is 1.71 bits per heavy atom. The maximum Gasteiger partial charge on any atom is 0.316 e. The summed E-state index contributed by atoms with van der Waals surface area (Å²) in [6.07, 6.45) is -0.611. The van der Waals surface area contributed by atoms with Crippen molar-refractivity contribution in [2.45, 2.75) is 66.9 Å². The topological polar surface area (TPSA) is 127 Å². The van der Waals surface area contributed by atoms with Crippen molar-refractivity contribution in [2.75, 3.05) is 6.61 Å². The largest absolute Gasteiger partial charge is 0.481 e. The summed E-state index contributed by atoms with van der Waals surface area (Å²) in [5, 5.41) is 19.1. The number of carboxylic acid groups (broad SMARTS) is 2. The number of carbonyl (C=O) groups is 4. The third kappa shape index (κ3) is 4.47. The second kappa shape index (κ2) is 8.92. The van der Waals surface area contributed by atoms with E-state index in [-0.39, 0.29) is 19.4 Å². The van der Waals surface area contributed by atoms with Crippen LogP contribution in [-0.4, -0.2) is 46.8 Å². The van der Waals surface area contributed by atoms with Gasteiger partial charge in [-0.3, -0.25) is 19.2 Å². The van der Waals surface area contributed by atoms with Gasteiger partial charge in [0.1, 0.15) is 12.0 Å². The van der Waals surface area contributed by atoms with Gasteiger partial charge in [-0.25, -0.2) is 0 Å². The summed E-state index contributed by atoms with van der Waals surface area (Å²) in [5.74, 6) is -6.57. The minimum atomic E-state index is -1.41. The molecule has 160 valence electrons. The molecule has 1 saturated heterocycles. The first-order valence-electron chi connectivity index (χ1n) is 9.69. The predicted octanol–water partition coefficient (Wildman–Crippen LogP) is 2.74. The lowest BCUT2D eigenvalue weighted by Gasteiger charge is -2.38. The number of esters is 2. The molecule has 4 unspecified atom stereocenters. The highest BCUT2D eigenvalue weighted by molar-refractivity contribution is 5.85. The Morgan fingerprint density at radius 1 is 1.18 bits per heavy atom. The molecular weight excluding hydrogens is 368 g/mol. The van der Waals surface area contributed by atoms with Gasteiger partial charge in [-0.2, -0.15) is 0 Å². The summed E-state index contributed by atoms with van der Waals surface area (Å²) in [6.45, 7) is 10.2. The van der Waals surface area contributed by atoms with Gasteiger partial charge in [-0.05, 0) is 39.0 Å². The molecular formula is C20H32O8. The van der Waals surface area contributed by atoms with Gasteiger partial charge in [0.2, 0.25) is 0 Å². The van der Waals surface area contributed by atoms with Crippen LogP contribution in [0.1, 0.15) is 60.8 Å². The first kappa shape index (κ1) is 23.9. The Bertz CT molecular complexity index is 624. The number of carboxylic acids is 2. The maximum absolute atomic E-state index is 12.7. The number of hydrogen-bond acceptors (Lipinski definition) is 6. The van der Waals surface area contributed by atoms with E-state index in [1.54, 1.807) is 34.6 Å². The zero-order valence-corrected chi connectivity index (χ0v) is 17.5. The summed E-state index contributed by atoms with van der Waals surface area (Å²) in [6, 6.07) is 0. The molecule has 0 saturated carbocycles. The number of cyclic esters (lactones) is 1. The fraction of sp³-hybridized carbons (Fsp3) is 0.800. The van der Waals surface area contributed by atoms with Gasteiger partial charge in [-0.1, -0.05) is 27.7 Å². The van der Waals surface area contributed by atoms with E-state index in [9.17, 15) is 29.4 Å². The van der Waals surface area contributed by atoms with E-state index < -0.39 is 58.6 Å². The summed E-state index contributed by atoms with van der Waals surface area (Å²) < 4.78 is 10.8. The molecule has 4 atom stereocenters. The SMILES string of the molecule is CCC(C(=O)O)C(CC1(C(C)C)C(=O)OCC1OC(=O)C(C)(C)CC)C(=O)O. The maximum atomic E-state index is 12.7. The fourth-order valence-electron chi connectivity index (χ4n) is 3.59. The lowest BCUT2D eigenvalue weighted by Crippen LogP contribution is -2.49. The third-order valence-electron chi connectivity index (χ3n) is 6.15. The molecule has 8 heteroatoms. The second-order valence-corrected chi connectivity index (χ2v) is 8.43. The van der Waals surface area contributed by atoms with Gasteiger partial charge in [0.25, 0.3) is 0 Å². The zero-order chi connectivity index (χ0) is 21.9. The molecule has 0 bridgehead atoms. The fourth-order valence-corrected chi connectivity index (χ4v) is 3.59. The first-order valence-corrected chi connectivity index (χ1v) is 9.69. The van der Waals surface area contributed by atoms with Crippen molar-refractivity contribution in [3.63, 3.8) is 0 Å². The van der Waals surface area contributed by atoms with E-state index in [1.165, 1.54) is 0 Å².